The highest BCUT2D eigenvalue weighted by molar-refractivity contribution is 5.91. The Morgan fingerprint density at radius 1 is 0.963 bits per heavy atom. The van der Waals surface area contributed by atoms with Gasteiger partial charge in [-0.05, 0) is 97.2 Å². The molecular formula is C24H30O3. The van der Waals surface area contributed by atoms with Crippen LogP contribution in [0, 0.1) is 28.6 Å². The first-order valence-electron chi connectivity index (χ1n) is 10.7. The molecule has 4 aliphatic rings. The average Bonchev–Trinajstić information content (AvgIpc) is 3.00. The topological polar surface area (TPSA) is 47.3 Å². The number of carbonyl (C=O) groups excluding carboxylic acids is 1. The lowest BCUT2D eigenvalue weighted by molar-refractivity contribution is -0.117. The van der Waals surface area contributed by atoms with Crippen LogP contribution in [0.1, 0.15) is 76.7 Å². The first-order chi connectivity index (χ1) is 12.9. The van der Waals surface area contributed by atoms with Gasteiger partial charge in [0.05, 0.1) is 6.26 Å². The normalized spacial score (nSPS) is 43.5. The largest absolute Gasteiger partial charge is 0.431 e. The van der Waals surface area contributed by atoms with Gasteiger partial charge in [-0.1, -0.05) is 19.4 Å². The van der Waals surface area contributed by atoms with Gasteiger partial charge in [-0.2, -0.15) is 0 Å². The first-order valence-corrected chi connectivity index (χ1v) is 10.7. The van der Waals surface area contributed by atoms with Gasteiger partial charge in [0, 0.05) is 12.5 Å². The van der Waals surface area contributed by atoms with Crippen molar-refractivity contribution in [3.8, 4) is 0 Å². The monoisotopic (exact) mass is 366 g/mol. The van der Waals surface area contributed by atoms with Crippen LogP contribution in [0.15, 0.2) is 39.3 Å². The van der Waals surface area contributed by atoms with E-state index in [1.54, 1.807) is 12.3 Å². The predicted octanol–water partition coefficient (Wildman–Crippen LogP) is 5.26. The Balaban J connectivity index is 1.47. The molecule has 3 saturated carbocycles. The smallest absolute Gasteiger partial charge is 0.335 e. The van der Waals surface area contributed by atoms with Crippen molar-refractivity contribution in [2.45, 2.75) is 71.1 Å². The summed E-state index contributed by atoms with van der Waals surface area (Å²) in [6.45, 7) is 4.94. The molecule has 3 heteroatoms. The summed E-state index contributed by atoms with van der Waals surface area (Å²) in [4.78, 5) is 23.4. The lowest BCUT2D eigenvalue weighted by atomic mass is 9.46. The molecule has 0 saturated heterocycles. The van der Waals surface area contributed by atoms with Crippen molar-refractivity contribution < 1.29 is 9.21 Å². The summed E-state index contributed by atoms with van der Waals surface area (Å²) in [5.74, 6) is 3.11. The second-order valence-corrected chi connectivity index (χ2v) is 10.0. The molecule has 0 aromatic carbocycles. The predicted molar refractivity (Wildman–Crippen MR) is 104 cm³/mol. The number of rotatable bonds is 1. The van der Waals surface area contributed by atoms with Crippen LogP contribution in [-0.4, -0.2) is 5.78 Å². The Kier molecular flexibility index (Phi) is 3.83. The zero-order valence-corrected chi connectivity index (χ0v) is 16.5. The number of hydrogen-bond donors (Lipinski definition) is 0. The van der Waals surface area contributed by atoms with Gasteiger partial charge in [-0.3, -0.25) is 4.79 Å². The van der Waals surface area contributed by atoms with E-state index >= 15 is 0 Å². The van der Waals surface area contributed by atoms with Crippen molar-refractivity contribution in [2.75, 3.05) is 0 Å². The standard InChI is InChI=1S/C24H30O3/c1-23-11-9-17(25)13-16(23)4-5-18-20-7-6-19(15-3-8-22(26)27-14-15)24(20,2)12-10-21(18)23/h3,8,13-14,18-21H,4-7,9-12H2,1-2H3/t18-,19+,20+,21-,23-,24+/m0/s1. The van der Waals surface area contributed by atoms with Gasteiger partial charge < -0.3 is 4.42 Å². The lowest BCUT2D eigenvalue weighted by Gasteiger charge is -2.58. The molecule has 3 fully saturated rings. The summed E-state index contributed by atoms with van der Waals surface area (Å²) in [7, 11) is 0. The van der Waals surface area contributed by atoms with E-state index in [1.807, 2.05) is 12.1 Å². The maximum atomic E-state index is 12.0. The molecule has 5 rings (SSSR count). The van der Waals surface area contributed by atoms with Crippen LogP contribution >= 0.6 is 0 Å². The Labute approximate surface area is 161 Å². The van der Waals surface area contributed by atoms with E-state index in [-0.39, 0.29) is 11.0 Å². The first kappa shape index (κ1) is 17.5. The summed E-state index contributed by atoms with van der Waals surface area (Å²) < 4.78 is 5.20. The number of carbonyl (C=O) groups is 1. The fourth-order valence-electron chi connectivity index (χ4n) is 7.67. The minimum absolute atomic E-state index is 0.246. The molecule has 6 atom stereocenters. The lowest BCUT2D eigenvalue weighted by Crippen LogP contribution is -2.50. The molecule has 0 amide bonds. The Hall–Kier alpha value is -1.64. The molecule has 1 aromatic rings. The zero-order chi connectivity index (χ0) is 18.8. The van der Waals surface area contributed by atoms with E-state index in [0.717, 1.165) is 37.0 Å². The maximum absolute atomic E-state index is 12.0. The van der Waals surface area contributed by atoms with Crippen LogP contribution in [0.5, 0.6) is 0 Å². The van der Waals surface area contributed by atoms with Crippen LogP contribution < -0.4 is 5.63 Å². The number of ketones is 1. The molecule has 4 aliphatic carbocycles. The zero-order valence-electron chi connectivity index (χ0n) is 16.5. The molecule has 0 aliphatic heterocycles. The maximum Gasteiger partial charge on any atom is 0.335 e. The van der Waals surface area contributed by atoms with Crippen LogP contribution in [0.4, 0.5) is 0 Å². The molecule has 0 N–H and O–H groups in total. The number of allylic oxidation sites excluding steroid dienone is 1. The van der Waals surface area contributed by atoms with Gasteiger partial charge in [0.25, 0.3) is 0 Å². The third-order valence-electron chi connectivity index (χ3n) is 9.09. The van der Waals surface area contributed by atoms with Gasteiger partial charge in [-0.15, -0.1) is 0 Å². The Bertz CT molecular complexity index is 844. The quantitative estimate of drug-likeness (QED) is 0.681. The molecule has 144 valence electrons. The van der Waals surface area contributed by atoms with E-state index in [0.29, 0.717) is 17.1 Å². The van der Waals surface area contributed by atoms with Crippen molar-refractivity contribution >= 4 is 5.78 Å². The van der Waals surface area contributed by atoms with Crippen molar-refractivity contribution in [1.82, 2.24) is 0 Å². The molecular weight excluding hydrogens is 336 g/mol. The molecule has 0 spiro atoms. The molecule has 0 bridgehead atoms. The van der Waals surface area contributed by atoms with Crippen molar-refractivity contribution in [3.05, 3.63) is 46.0 Å². The van der Waals surface area contributed by atoms with Crippen molar-refractivity contribution in [3.63, 3.8) is 0 Å². The van der Waals surface area contributed by atoms with Gasteiger partial charge in [-0.25, -0.2) is 4.79 Å². The van der Waals surface area contributed by atoms with Crippen LogP contribution in [0.25, 0.3) is 0 Å². The third kappa shape index (κ3) is 2.46. The molecule has 1 aromatic heterocycles. The van der Waals surface area contributed by atoms with Crippen LogP contribution in [0.2, 0.25) is 0 Å². The Morgan fingerprint density at radius 2 is 1.81 bits per heavy atom. The highest BCUT2D eigenvalue weighted by Gasteiger charge is 2.59. The summed E-state index contributed by atoms with van der Waals surface area (Å²) in [5, 5.41) is 0. The van der Waals surface area contributed by atoms with Gasteiger partial charge in [0.1, 0.15) is 0 Å². The van der Waals surface area contributed by atoms with E-state index in [4.69, 9.17) is 4.42 Å². The third-order valence-corrected chi connectivity index (χ3v) is 9.09. The summed E-state index contributed by atoms with van der Waals surface area (Å²) in [6.07, 6.45) is 12.9. The number of hydrogen-bond acceptors (Lipinski definition) is 3. The van der Waals surface area contributed by atoms with Crippen LogP contribution in [-0.2, 0) is 4.79 Å². The highest BCUT2D eigenvalue weighted by Crippen LogP contribution is 2.68. The molecule has 0 radical (unpaired) electrons. The number of fused-ring (bicyclic) bond motifs is 5. The van der Waals surface area contributed by atoms with Gasteiger partial charge >= 0.3 is 5.63 Å². The van der Waals surface area contributed by atoms with E-state index in [2.05, 4.69) is 13.8 Å². The Morgan fingerprint density at radius 3 is 2.59 bits per heavy atom. The second-order valence-electron chi connectivity index (χ2n) is 10.0. The van der Waals surface area contributed by atoms with Gasteiger partial charge in [0.2, 0.25) is 0 Å². The highest BCUT2D eigenvalue weighted by atomic mass is 16.4. The summed E-state index contributed by atoms with van der Waals surface area (Å²) in [6, 6.07) is 3.57. The fraction of sp³-hybridized carbons (Fsp3) is 0.667. The minimum atomic E-state index is -0.256. The molecule has 3 nitrogen and oxygen atoms in total. The fourth-order valence-corrected chi connectivity index (χ4v) is 7.67. The average molecular weight is 367 g/mol. The van der Waals surface area contributed by atoms with Crippen molar-refractivity contribution in [1.29, 1.82) is 0 Å². The second kappa shape index (κ2) is 5.93. The van der Waals surface area contributed by atoms with E-state index in [1.165, 1.54) is 43.2 Å². The molecule has 0 unspecified atom stereocenters. The molecule has 1 heterocycles. The van der Waals surface area contributed by atoms with Crippen molar-refractivity contribution in [2.24, 2.45) is 28.6 Å². The summed E-state index contributed by atoms with van der Waals surface area (Å²) in [5.41, 5.74) is 2.96. The van der Waals surface area contributed by atoms with Gasteiger partial charge in [0.15, 0.2) is 5.78 Å². The minimum Gasteiger partial charge on any atom is -0.431 e. The molecule has 27 heavy (non-hydrogen) atoms. The summed E-state index contributed by atoms with van der Waals surface area (Å²) >= 11 is 0. The van der Waals surface area contributed by atoms with Crippen LogP contribution in [0.3, 0.4) is 0 Å². The van der Waals surface area contributed by atoms with E-state index in [9.17, 15) is 9.59 Å². The van der Waals surface area contributed by atoms with E-state index < -0.39 is 0 Å². The SMILES string of the molecule is C[C@]12CC[C@H]3[C@@H](CCC4=CC(=O)CC[C@@]43C)[C@H]1CC[C@@H]2c1ccc(=O)oc1.